The van der Waals surface area contributed by atoms with Gasteiger partial charge in [0.2, 0.25) is 11.1 Å². The van der Waals surface area contributed by atoms with Crippen molar-refractivity contribution in [1.29, 1.82) is 5.26 Å². The van der Waals surface area contributed by atoms with Gasteiger partial charge < -0.3 is 48.8 Å². The van der Waals surface area contributed by atoms with Gasteiger partial charge in [0.05, 0.1) is 37.2 Å². The highest BCUT2D eigenvalue weighted by Crippen LogP contribution is 2.36. The van der Waals surface area contributed by atoms with Crippen molar-refractivity contribution in [3.05, 3.63) is 72.3 Å². The molecular weight excluding hydrogens is 866 g/mol. The third-order valence-electron chi connectivity index (χ3n) is 13.6. The van der Waals surface area contributed by atoms with Crippen molar-refractivity contribution in [3.8, 4) is 17.6 Å². The van der Waals surface area contributed by atoms with Crippen LogP contribution < -0.4 is 20.1 Å². The monoisotopic (exact) mass is 930 g/mol. The van der Waals surface area contributed by atoms with Crippen LogP contribution in [0.2, 0.25) is 5.28 Å². The number of nitrogens with zero attached hydrogens (tertiary/aromatic N) is 13. The van der Waals surface area contributed by atoms with Crippen LogP contribution in [-0.2, 0) is 0 Å². The summed E-state index contributed by atoms with van der Waals surface area (Å²) in [6, 6.07) is 18.7. The smallest absolute Gasteiger partial charge is 0.236 e. The quantitative estimate of drug-likeness (QED) is 0.0709. The Morgan fingerprint density at radius 2 is 1.06 bits per heavy atom. The van der Waals surface area contributed by atoms with Crippen molar-refractivity contribution in [1.82, 2.24) is 58.6 Å². The second-order valence-electron chi connectivity index (χ2n) is 18.3. The number of halogens is 1. The summed E-state index contributed by atoms with van der Waals surface area (Å²) in [4.78, 5) is 36.8. The first-order chi connectivity index (χ1) is 32.9. The van der Waals surface area contributed by atoms with E-state index in [1.54, 1.807) is 0 Å². The topological polar surface area (TPSA) is 166 Å². The van der Waals surface area contributed by atoms with Crippen molar-refractivity contribution >= 4 is 56.9 Å². The lowest BCUT2D eigenvalue weighted by atomic mass is 10.2. The van der Waals surface area contributed by atoms with Crippen molar-refractivity contribution in [2.45, 2.75) is 76.3 Å². The van der Waals surface area contributed by atoms with E-state index in [1.165, 1.54) is 25.7 Å². The van der Waals surface area contributed by atoms with Crippen molar-refractivity contribution in [2.75, 3.05) is 103 Å². The molecule has 18 heteroatoms. The van der Waals surface area contributed by atoms with E-state index >= 15 is 0 Å². The highest BCUT2D eigenvalue weighted by Gasteiger charge is 2.24. The number of nitriles is 1. The number of benzene rings is 2. The number of nitrogens with one attached hydrogen (secondary N) is 2. The Hall–Kier alpha value is -5.64. The molecule has 4 fully saturated rings. The minimum Gasteiger partial charge on any atom is -0.491 e. The molecule has 2 aliphatic carbocycles. The third kappa shape index (κ3) is 11.7. The molecule has 354 valence electrons. The van der Waals surface area contributed by atoms with Crippen LogP contribution in [0.25, 0.3) is 22.3 Å². The summed E-state index contributed by atoms with van der Waals surface area (Å²) in [6.07, 6.45) is 15.1. The summed E-state index contributed by atoms with van der Waals surface area (Å²) in [5.41, 5.74) is 4.57. The predicted octanol–water partition coefficient (Wildman–Crippen LogP) is 7.93. The van der Waals surface area contributed by atoms with Crippen LogP contribution in [0.15, 0.2) is 61.2 Å². The van der Waals surface area contributed by atoms with Gasteiger partial charge >= 0.3 is 0 Å². The zero-order valence-corrected chi connectivity index (χ0v) is 39.7. The molecule has 17 nitrogen and oxygen atoms in total. The Bertz CT molecular complexity index is 2590. The fraction of sp³-hybridized carbons (Fsp3) is 0.531. The maximum absolute atomic E-state index is 9.54. The van der Waals surface area contributed by atoms with Gasteiger partial charge in [-0.25, -0.2) is 9.97 Å². The Morgan fingerprint density at radius 1 is 0.612 bits per heavy atom. The molecule has 6 heterocycles. The fourth-order valence-corrected chi connectivity index (χ4v) is 9.82. The number of anilines is 4. The molecule has 2 saturated carbocycles. The third-order valence-corrected chi connectivity index (χ3v) is 13.7. The van der Waals surface area contributed by atoms with Gasteiger partial charge in [-0.1, -0.05) is 49.9 Å². The largest absolute Gasteiger partial charge is 0.491 e. The second kappa shape index (κ2) is 22.4. The van der Waals surface area contributed by atoms with Gasteiger partial charge in [0, 0.05) is 77.5 Å². The van der Waals surface area contributed by atoms with Crippen LogP contribution in [-0.4, -0.2) is 151 Å². The van der Waals surface area contributed by atoms with Crippen LogP contribution in [0.3, 0.4) is 0 Å². The predicted molar refractivity (Wildman–Crippen MR) is 263 cm³/mol. The number of likely N-dealkylation sites (N-methyl/N-ethyl adjacent to an activating group) is 2. The van der Waals surface area contributed by atoms with E-state index in [9.17, 15) is 5.26 Å². The van der Waals surface area contributed by atoms with Gasteiger partial charge in [-0.2, -0.15) is 25.2 Å². The molecule has 2 aromatic carbocycles. The molecule has 0 radical (unpaired) electrons. The van der Waals surface area contributed by atoms with Crippen LogP contribution in [0.4, 0.5) is 23.0 Å². The first-order valence-electron chi connectivity index (χ1n) is 24.2. The fourth-order valence-electron chi connectivity index (χ4n) is 9.66. The maximum atomic E-state index is 9.54. The minimum atomic E-state index is 0.139. The second-order valence-corrected chi connectivity index (χ2v) is 18.6. The summed E-state index contributed by atoms with van der Waals surface area (Å²) < 4.78 is 16.6. The zero-order chi connectivity index (χ0) is 46.0. The summed E-state index contributed by atoms with van der Waals surface area (Å²) >= 11 is 6.31. The van der Waals surface area contributed by atoms with E-state index in [0.717, 1.165) is 138 Å². The zero-order valence-electron chi connectivity index (χ0n) is 39.0. The lowest BCUT2D eigenvalue weighted by Crippen LogP contribution is -2.44. The number of ether oxygens (including phenoxy) is 2. The van der Waals surface area contributed by atoms with Crippen molar-refractivity contribution in [2.24, 2.45) is 0 Å². The van der Waals surface area contributed by atoms with Gasteiger partial charge in [0.25, 0.3) is 0 Å². The molecule has 0 unspecified atom stereocenters. The van der Waals surface area contributed by atoms with E-state index in [-0.39, 0.29) is 11.1 Å². The van der Waals surface area contributed by atoms with Crippen LogP contribution in [0, 0.1) is 11.3 Å². The molecule has 4 aliphatic rings. The molecule has 10 rings (SSSR count). The minimum absolute atomic E-state index is 0.139. The molecule has 0 amide bonds. The number of hydrogen-bond acceptors (Lipinski definition) is 15. The highest BCUT2D eigenvalue weighted by atomic mass is 35.5. The normalized spacial score (nSPS) is 18.0. The molecule has 2 N–H and O–H groups in total. The highest BCUT2D eigenvalue weighted by molar-refractivity contribution is 6.28. The standard InChI is InChI=1S/C25H32N8O.C24H32ClN7O/c1-31-12-14-32(15-13-31)11-6-16-34-21-10-5-4-9-20(21)28-24-23-25(30-22(17-26)29-24)33(18-27-23)19-7-2-3-8-19;1-30-12-14-31(15-13-30)11-6-16-33-20-10-5-4-9-19(20)27-22-21-23(29-24(25)28-22)32(17-26-21)18-7-2-3-8-18/h4-5,9-10,18-19H,2-3,6-8,11-16H2,1H3,(H,28,29,30);4-5,9-10,17-18H,2-3,6-8,11-16H2,1H3,(H,27,28,29). The molecular formula is C49H64ClN15O2. The van der Waals surface area contributed by atoms with Crippen LogP contribution >= 0.6 is 11.6 Å². The van der Waals surface area contributed by atoms with E-state index in [2.05, 4.69) is 89.4 Å². The average Bonchev–Trinajstić information content (AvgIpc) is 4.20. The van der Waals surface area contributed by atoms with Gasteiger partial charge in [0.1, 0.15) is 17.6 Å². The van der Waals surface area contributed by atoms with Crippen LogP contribution in [0.5, 0.6) is 11.5 Å². The lowest BCUT2D eigenvalue weighted by molar-refractivity contribution is 0.145. The van der Waals surface area contributed by atoms with Crippen LogP contribution in [0.1, 0.15) is 82.1 Å². The van der Waals surface area contributed by atoms with E-state index in [4.69, 9.17) is 21.1 Å². The van der Waals surface area contributed by atoms with E-state index < -0.39 is 0 Å². The van der Waals surface area contributed by atoms with Crippen molar-refractivity contribution < 1.29 is 9.47 Å². The molecule has 0 spiro atoms. The molecule has 67 heavy (non-hydrogen) atoms. The van der Waals surface area contributed by atoms with Gasteiger partial charge in [-0.05, 0) is 88.5 Å². The Kier molecular flexibility index (Phi) is 15.6. The van der Waals surface area contributed by atoms with Gasteiger partial charge in [-0.15, -0.1) is 0 Å². The maximum Gasteiger partial charge on any atom is 0.236 e. The Balaban J connectivity index is 0.000000168. The average molecular weight is 931 g/mol. The molecule has 4 aromatic heterocycles. The molecule has 6 aromatic rings. The number of fused-ring (bicyclic) bond motifs is 2. The number of para-hydroxylation sites is 4. The summed E-state index contributed by atoms with van der Waals surface area (Å²) in [6.45, 7) is 12.4. The Labute approximate surface area is 398 Å². The first-order valence-corrected chi connectivity index (χ1v) is 24.6. The van der Waals surface area contributed by atoms with Gasteiger partial charge in [0.15, 0.2) is 34.0 Å². The molecule has 2 aliphatic heterocycles. The van der Waals surface area contributed by atoms with Crippen molar-refractivity contribution in [3.63, 3.8) is 0 Å². The SMILES string of the molecule is CN1CCN(CCCOc2ccccc2Nc2nc(C#N)nc3c2ncn3C2CCCC2)CC1.CN1CCN(CCCOc2ccccc2Nc2nc(Cl)nc3c2ncn3C2CCCC2)CC1. The lowest BCUT2D eigenvalue weighted by Gasteiger charge is -2.32. The number of piperazine rings is 2. The molecule has 0 atom stereocenters. The first kappa shape index (κ1) is 46.5. The summed E-state index contributed by atoms with van der Waals surface area (Å²) in [5, 5.41) is 16.5. The Morgan fingerprint density at radius 3 is 1.54 bits per heavy atom. The van der Waals surface area contributed by atoms with E-state index in [0.29, 0.717) is 48.1 Å². The number of rotatable bonds is 16. The number of aromatic nitrogens is 8. The molecule has 0 bridgehead atoms. The number of imidazole rings is 2. The number of hydrogen-bond donors (Lipinski definition) is 2. The summed E-state index contributed by atoms with van der Waals surface area (Å²) in [7, 11) is 4.36. The molecule has 2 saturated heterocycles. The van der Waals surface area contributed by atoms with Gasteiger partial charge in [-0.3, -0.25) is 0 Å². The summed E-state index contributed by atoms with van der Waals surface area (Å²) in [5.74, 6) is 2.85. The van der Waals surface area contributed by atoms with E-state index in [1.807, 2.05) is 61.2 Å².